The van der Waals surface area contributed by atoms with Gasteiger partial charge in [-0.3, -0.25) is 9.48 Å². The van der Waals surface area contributed by atoms with E-state index in [2.05, 4.69) is 20.2 Å². The molecule has 15 heteroatoms. The van der Waals surface area contributed by atoms with Crippen molar-refractivity contribution in [1.82, 2.24) is 29.5 Å². The lowest BCUT2D eigenvalue weighted by molar-refractivity contribution is -0.192. The first-order valence-corrected chi connectivity index (χ1v) is 11.8. The molecular formula is C25H24F3N7O5. The summed E-state index contributed by atoms with van der Waals surface area (Å²) in [6.45, 7) is 0.909. The Hall–Kier alpha value is -4.95. The first-order valence-electron chi connectivity index (χ1n) is 11.8. The highest BCUT2D eigenvalue weighted by molar-refractivity contribution is 5.73. The minimum atomic E-state index is -5.08. The molecule has 3 aromatic heterocycles. The third-order valence-electron chi connectivity index (χ3n) is 5.74. The maximum Gasteiger partial charge on any atom is 0.490 e. The largest absolute Gasteiger partial charge is 0.497 e. The smallest absolute Gasteiger partial charge is 0.490 e. The normalized spacial score (nSPS) is 12.8. The summed E-state index contributed by atoms with van der Waals surface area (Å²) in [5.41, 5.74) is 8.56. The summed E-state index contributed by atoms with van der Waals surface area (Å²) in [6.07, 6.45) is 2.76. The molecule has 4 aromatic rings. The number of aliphatic carboxylic acids is 1. The number of aromatic nitrogens is 6. The van der Waals surface area contributed by atoms with Gasteiger partial charge in [0.25, 0.3) is 5.56 Å². The van der Waals surface area contributed by atoms with Gasteiger partial charge >= 0.3 is 12.1 Å². The number of methoxy groups -OCH3 is 2. The Morgan fingerprint density at radius 1 is 1.10 bits per heavy atom. The second kappa shape index (κ2) is 11.4. The Kier molecular flexibility index (Phi) is 8.02. The summed E-state index contributed by atoms with van der Waals surface area (Å²) in [6, 6.07) is 8.10. The van der Waals surface area contributed by atoms with E-state index >= 15 is 0 Å². The zero-order valence-corrected chi connectivity index (χ0v) is 21.3. The molecule has 0 amide bonds. The lowest BCUT2D eigenvalue weighted by Crippen LogP contribution is -2.21. The van der Waals surface area contributed by atoms with Crippen molar-refractivity contribution in [3.8, 4) is 39.8 Å². The number of rotatable bonds is 7. The quantitative estimate of drug-likeness (QED) is 0.344. The molecule has 0 saturated heterocycles. The van der Waals surface area contributed by atoms with Crippen LogP contribution < -0.4 is 20.8 Å². The van der Waals surface area contributed by atoms with Crippen molar-refractivity contribution in [2.24, 2.45) is 5.92 Å². The maximum atomic E-state index is 12.6. The van der Waals surface area contributed by atoms with Crippen LogP contribution in [0.3, 0.4) is 0 Å². The lowest BCUT2D eigenvalue weighted by Gasteiger charge is -2.11. The molecule has 210 valence electrons. The fraction of sp³-hybridized carbons (Fsp3) is 0.280. The molecule has 0 aliphatic heterocycles. The number of carbonyl (C=O) groups is 1. The van der Waals surface area contributed by atoms with Crippen LogP contribution >= 0.6 is 0 Å². The molecule has 1 aliphatic carbocycles. The van der Waals surface area contributed by atoms with E-state index in [0.29, 0.717) is 40.2 Å². The Morgan fingerprint density at radius 3 is 2.33 bits per heavy atom. The minimum absolute atomic E-state index is 0.213. The van der Waals surface area contributed by atoms with Crippen molar-refractivity contribution in [2.75, 3.05) is 20.0 Å². The summed E-state index contributed by atoms with van der Waals surface area (Å²) >= 11 is 0. The van der Waals surface area contributed by atoms with Crippen LogP contribution in [0, 0.1) is 5.92 Å². The molecule has 0 spiro atoms. The number of nitrogens with two attached hydrogens (primary N) is 1. The van der Waals surface area contributed by atoms with E-state index in [1.165, 1.54) is 23.6 Å². The fourth-order valence-electron chi connectivity index (χ4n) is 3.52. The second-order valence-electron chi connectivity index (χ2n) is 8.73. The van der Waals surface area contributed by atoms with Crippen LogP contribution in [0.5, 0.6) is 11.5 Å². The molecule has 1 saturated carbocycles. The summed E-state index contributed by atoms with van der Waals surface area (Å²) < 4.78 is 45.5. The molecule has 0 bridgehead atoms. The van der Waals surface area contributed by atoms with E-state index in [4.69, 9.17) is 25.1 Å². The molecular weight excluding hydrogens is 535 g/mol. The molecule has 3 heterocycles. The van der Waals surface area contributed by atoms with Crippen LogP contribution in [0.15, 0.2) is 53.7 Å². The summed E-state index contributed by atoms with van der Waals surface area (Å²) in [5, 5.41) is 16.1. The van der Waals surface area contributed by atoms with Gasteiger partial charge < -0.3 is 20.3 Å². The van der Waals surface area contributed by atoms with E-state index in [1.807, 2.05) is 10.9 Å². The van der Waals surface area contributed by atoms with Gasteiger partial charge in [0.15, 0.2) is 5.82 Å². The van der Waals surface area contributed by atoms with Gasteiger partial charge in [0.05, 0.1) is 38.0 Å². The number of halogens is 3. The molecule has 3 N–H and O–H groups in total. The van der Waals surface area contributed by atoms with Gasteiger partial charge in [0, 0.05) is 42.6 Å². The highest BCUT2D eigenvalue weighted by Gasteiger charge is 2.38. The van der Waals surface area contributed by atoms with Crippen LogP contribution in [0.25, 0.3) is 28.3 Å². The zero-order valence-electron chi connectivity index (χ0n) is 21.3. The van der Waals surface area contributed by atoms with Crippen molar-refractivity contribution < 1.29 is 32.5 Å². The molecule has 1 fully saturated rings. The number of ether oxygens (including phenoxy) is 2. The SMILES string of the molecule is COc1cc(OC)cc(-n2nc(-c3nc(-c4cnn(CC5CC5)c4)cnc3N)ccc2=O)c1.O=C(O)C(F)(F)F. The van der Waals surface area contributed by atoms with E-state index in [0.717, 1.165) is 12.1 Å². The average Bonchev–Trinajstić information content (AvgIpc) is 3.62. The van der Waals surface area contributed by atoms with Crippen LogP contribution in [-0.2, 0) is 11.3 Å². The highest BCUT2D eigenvalue weighted by atomic mass is 19.4. The number of hydrogen-bond acceptors (Lipinski definition) is 9. The molecule has 1 aliphatic rings. The third-order valence-corrected chi connectivity index (χ3v) is 5.74. The molecule has 5 rings (SSSR count). The minimum Gasteiger partial charge on any atom is -0.497 e. The molecule has 0 unspecified atom stereocenters. The van der Waals surface area contributed by atoms with Gasteiger partial charge in [0.2, 0.25) is 0 Å². The third kappa shape index (κ3) is 6.73. The number of nitrogen functional groups attached to an aromatic ring is 1. The van der Waals surface area contributed by atoms with Crippen molar-refractivity contribution in [3.05, 3.63) is 59.3 Å². The van der Waals surface area contributed by atoms with Crippen LogP contribution in [0.1, 0.15) is 12.8 Å². The second-order valence-corrected chi connectivity index (χ2v) is 8.73. The van der Waals surface area contributed by atoms with Crippen LogP contribution in [-0.4, -0.2) is 61.0 Å². The van der Waals surface area contributed by atoms with Gasteiger partial charge in [-0.05, 0) is 24.8 Å². The van der Waals surface area contributed by atoms with Crippen LogP contribution in [0.4, 0.5) is 19.0 Å². The average molecular weight is 560 g/mol. The van der Waals surface area contributed by atoms with E-state index in [9.17, 15) is 18.0 Å². The van der Waals surface area contributed by atoms with Gasteiger partial charge in [0.1, 0.15) is 22.9 Å². The van der Waals surface area contributed by atoms with Crippen molar-refractivity contribution >= 4 is 11.8 Å². The molecule has 40 heavy (non-hydrogen) atoms. The van der Waals surface area contributed by atoms with E-state index in [1.54, 1.807) is 50.9 Å². The highest BCUT2D eigenvalue weighted by Crippen LogP contribution is 2.31. The van der Waals surface area contributed by atoms with Gasteiger partial charge in [-0.15, -0.1) is 0 Å². The Balaban J connectivity index is 0.000000470. The van der Waals surface area contributed by atoms with Gasteiger partial charge in [-0.25, -0.2) is 14.8 Å². The maximum absolute atomic E-state index is 12.6. The Morgan fingerprint density at radius 2 is 1.75 bits per heavy atom. The number of alkyl halides is 3. The van der Waals surface area contributed by atoms with E-state index < -0.39 is 12.1 Å². The molecule has 12 nitrogen and oxygen atoms in total. The monoisotopic (exact) mass is 559 g/mol. The predicted molar refractivity (Wildman–Crippen MR) is 136 cm³/mol. The Labute approximate surface area is 224 Å². The fourth-order valence-corrected chi connectivity index (χ4v) is 3.52. The predicted octanol–water partition coefficient (Wildman–Crippen LogP) is 3.20. The summed E-state index contributed by atoms with van der Waals surface area (Å²) in [4.78, 5) is 30.5. The lowest BCUT2D eigenvalue weighted by atomic mass is 10.2. The molecule has 0 atom stereocenters. The number of hydrogen-bond donors (Lipinski definition) is 2. The number of anilines is 1. The van der Waals surface area contributed by atoms with Crippen LogP contribution in [0.2, 0.25) is 0 Å². The van der Waals surface area contributed by atoms with Crippen molar-refractivity contribution in [1.29, 1.82) is 0 Å². The zero-order chi connectivity index (χ0) is 29.0. The van der Waals surface area contributed by atoms with Crippen molar-refractivity contribution in [3.63, 3.8) is 0 Å². The molecule has 1 aromatic carbocycles. The summed E-state index contributed by atoms with van der Waals surface area (Å²) in [5.74, 6) is -0.759. The topological polar surface area (TPSA) is 160 Å². The first-order chi connectivity index (χ1) is 19.0. The van der Waals surface area contributed by atoms with Crippen molar-refractivity contribution in [2.45, 2.75) is 25.6 Å². The van der Waals surface area contributed by atoms with Gasteiger partial charge in [-0.1, -0.05) is 0 Å². The first kappa shape index (κ1) is 28.1. The summed E-state index contributed by atoms with van der Waals surface area (Å²) in [7, 11) is 3.08. The number of benzene rings is 1. The van der Waals surface area contributed by atoms with Gasteiger partial charge in [-0.2, -0.15) is 28.1 Å². The standard InChI is InChI=1S/C23H23N7O3.C2HF3O2/c1-32-17-7-16(8-18(9-17)33-2)30-21(31)6-5-19(28-30)22-23(24)25-11-20(27-22)15-10-26-29(13-15)12-14-3-4-14;3-2(4,5)1(6)7/h5-11,13-14H,3-4,12H2,1-2H3,(H2,24,25);(H,6,7). The number of carboxylic acids is 1. The number of carboxylic acid groups (broad SMARTS) is 1. The molecule has 0 radical (unpaired) electrons. The van der Waals surface area contributed by atoms with E-state index in [-0.39, 0.29) is 11.4 Å². The number of nitrogens with zero attached hydrogens (tertiary/aromatic N) is 6. The Bertz CT molecular complexity index is 1560.